The zero-order valence-corrected chi connectivity index (χ0v) is 18.9. The topological polar surface area (TPSA) is 66.4 Å². The highest BCUT2D eigenvalue weighted by Gasteiger charge is 2.30. The van der Waals surface area contributed by atoms with Gasteiger partial charge in [0.05, 0.1) is 53.4 Å². The maximum Gasteiger partial charge on any atom is 0.158 e. The van der Waals surface area contributed by atoms with Crippen LogP contribution in [0.5, 0.6) is 0 Å². The highest BCUT2D eigenvalue weighted by molar-refractivity contribution is 6.31. The van der Waals surface area contributed by atoms with Crippen LogP contribution in [-0.2, 0) is 4.74 Å². The fourth-order valence-corrected chi connectivity index (χ4v) is 4.84. The van der Waals surface area contributed by atoms with Crippen LogP contribution in [0.25, 0.3) is 10.9 Å². The van der Waals surface area contributed by atoms with E-state index in [0.717, 1.165) is 61.7 Å². The van der Waals surface area contributed by atoms with Gasteiger partial charge in [-0.05, 0) is 31.5 Å². The second-order valence-electron chi connectivity index (χ2n) is 8.44. The number of ether oxygens (including phenoxy) is 1. The van der Waals surface area contributed by atoms with Crippen LogP contribution in [0.3, 0.4) is 0 Å². The summed E-state index contributed by atoms with van der Waals surface area (Å²) >= 11 is 6.20. The molecule has 0 unspecified atom stereocenters. The van der Waals surface area contributed by atoms with Crippen molar-refractivity contribution < 1.29 is 9.13 Å². The summed E-state index contributed by atoms with van der Waals surface area (Å²) in [5.74, 6) is 0.167. The number of aryl methyl sites for hydroxylation is 1. The average molecular weight is 457 g/mol. The molecule has 0 spiro atoms. The molecule has 2 aromatic heterocycles. The van der Waals surface area contributed by atoms with Crippen molar-refractivity contribution in [2.24, 2.45) is 0 Å². The first-order chi connectivity index (χ1) is 15.5. The third-order valence-corrected chi connectivity index (χ3v) is 6.77. The van der Waals surface area contributed by atoms with Crippen LogP contribution in [0.4, 0.5) is 15.9 Å². The molecule has 2 aliphatic heterocycles. The highest BCUT2D eigenvalue weighted by Crippen LogP contribution is 2.32. The number of benzene rings is 1. The van der Waals surface area contributed by atoms with Crippen molar-refractivity contribution in [2.45, 2.75) is 25.9 Å². The third-order valence-electron chi connectivity index (χ3n) is 6.38. The minimum Gasteiger partial charge on any atom is -0.378 e. The third kappa shape index (κ3) is 3.98. The van der Waals surface area contributed by atoms with Gasteiger partial charge in [-0.1, -0.05) is 23.7 Å². The van der Waals surface area contributed by atoms with Gasteiger partial charge < -0.3 is 15.0 Å². The van der Waals surface area contributed by atoms with Crippen LogP contribution in [0.15, 0.2) is 30.5 Å². The van der Waals surface area contributed by atoms with Crippen molar-refractivity contribution in [1.82, 2.24) is 20.1 Å². The standard InChI is InChI=1S/C23H26ClFN6O/c1-14(18-4-3-5-20(25)21(18)24)27-23-19-10-16(11-26-22(19)15(2)28-29-23)31-7-6-30-8-9-32-13-17(30)12-31/h3-5,10-11,14,17H,6-9,12-13H2,1-2H3,(H,27,29)/t14-,17+/m1/s1. The summed E-state index contributed by atoms with van der Waals surface area (Å²) in [5, 5.41) is 13.0. The maximum absolute atomic E-state index is 13.9. The number of nitrogens with zero attached hydrogens (tertiary/aromatic N) is 5. The predicted molar refractivity (Wildman–Crippen MR) is 124 cm³/mol. The molecule has 2 aliphatic rings. The summed E-state index contributed by atoms with van der Waals surface area (Å²) < 4.78 is 19.6. The molecule has 3 aromatic rings. The van der Waals surface area contributed by atoms with Gasteiger partial charge in [-0.3, -0.25) is 9.88 Å². The average Bonchev–Trinajstić information content (AvgIpc) is 2.82. The largest absolute Gasteiger partial charge is 0.378 e. The van der Waals surface area contributed by atoms with E-state index in [1.54, 1.807) is 6.07 Å². The molecule has 32 heavy (non-hydrogen) atoms. The molecule has 4 heterocycles. The van der Waals surface area contributed by atoms with Gasteiger partial charge in [0.2, 0.25) is 0 Å². The molecule has 2 fully saturated rings. The molecule has 1 aromatic carbocycles. The van der Waals surface area contributed by atoms with E-state index >= 15 is 0 Å². The molecule has 0 radical (unpaired) electrons. The molecule has 0 bridgehead atoms. The summed E-state index contributed by atoms with van der Waals surface area (Å²) in [6.45, 7) is 9.26. The lowest BCUT2D eigenvalue weighted by molar-refractivity contribution is -0.0116. The van der Waals surface area contributed by atoms with E-state index in [-0.39, 0.29) is 11.1 Å². The first-order valence-corrected chi connectivity index (χ1v) is 11.3. The van der Waals surface area contributed by atoms with Gasteiger partial charge in [0.15, 0.2) is 5.82 Å². The van der Waals surface area contributed by atoms with E-state index < -0.39 is 5.82 Å². The number of pyridine rings is 1. The van der Waals surface area contributed by atoms with Gasteiger partial charge in [0.1, 0.15) is 5.82 Å². The Morgan fingerprint density at radius 1 is 1.25 bits per heavy atom. The quantitative estimate of drug-likeness (QED) is 0.640. The zero-order valence-electron chi connectivity index (χ0n) is 18.2. The second kappa shape index (κ2) is 8.77. The normalized spacial score (nSPS) is 20.2. The minimum atomic E-state index is -0.438. The van der Waals surface area contributed by atoms with Crippen molar-refractivity contribution in [3.8, 4) is 0 Å². The Kier molecular flexibility index (Phi) is 5.84. The molecule has 2 saturated heterocycles. The molecular formula is C23H26ClFN6O. The van der Waals surface area contributed by atoms with Crippen LogP contribution in [0.1, 0.15) is 24.2 Å². The number of piperazine rings is 1. The van der Waals surface area contributed by atoms with Crippen molar-refractivity contribution in [1.29, 1.82) is 0 Å². The van der Waals surface area contributed by atoms with E-state index in [9.17, 15) is 4.39 Å². The van der Waals surface area contributed by atoms with E-state index in [1.807, 2.05) is 26.1 Å². The van der Waals surface area contributed by atoms with Crippen LogP contribution >= 0.6 is 11.6 Å². The highest BCUT2D eigenvalue weighted by atomic mass is 35.5. The number of rotatable bonds is 4. The van der Waals surface area contributed by atoms with Crippen molar-refractivity contribution in [2.75, 3.05) is 49.6 Å². The summed E-state index contributed by atoms with van der Waals surface area (Å²) in [7, 11) is 0. The molecule has 9 heteroatoms. The number of hydrogen-bond donors (Lipinski definition) is 1. The maximum atomic E-state index is 13.9. The second-order valence-corrected chi connectivity index (χ2v) is 8.82. The summed E-state index contributed by atoms with van der Waals surface area (Å²) in [4.78, 5) is 9.57. The van der Waals surface area contributed by atoms with E-state index in [0.29, 0.717) is 17.4 Å². The van der Waals surface area contributed by atoms with Gasteiger partial charge in [0, 0.05) is 31.6 Å². The fourth-order valence-electron chi connectivity index (χ4n) is 4.55. The molecule has 168 valence electrons. The van der Waals surface area contributed by atoms with Gasteiger partial charge >= 0.3 is 0 Å². The van der Waals surface area contributed by atoms with E-state index in [2.05, 4.69) is 31.4 Å². The van der Waals surface area contributed by atoms with Gasteiger partial charge in [0.25, 0.3) is 0 Å². The zero-order chi connectivity index (χ0) is 22.2. The lowest BCUT2D eigenvalue weighted by Crippen LogP contribution is -2.58. The lowest BCUT2D eigenvalue weighted by Gasteiger charge is -2.44. The summed E-state index contributed by atoms with van der Waals surface area (Å²) in [5.41, 5.74) is 3.27. The number of aromatic nitrogens is 3. The Bertz CT molecular complexity index is 1140. The Hall–Kier alpha value is -2.55. The number of morpholine rings is 1. The Balaban J connectivity index is 1.46. The monoisotopic (exact) mass is 456 g/mol. The van der Waals surface area contributed by atoms with Gasteiger partial charge in [-0.25, -0.2) is 4.39 Å². The Morgan fingerprint density at radius 2 is 2.12 bits per heavy atom. The Labute approximate surface area is 191 Å². The van der Waals surface area contributed by atoms with Gasteiger partial charge in [-0.15, -0.1) is 5.10 Å². The summed E-state index contributed by atoms with van der Waals surface area (Å²) in [6.07, 6.45) is 1.91. The summed E-state index contributed by atoms with van der Waals surface area (Å²) in [6, 6.07) is 7.08. The lowest BCUT2D eigenvalue weighted by atomic mass is 10.1. The number of halogens is 2. The number of fused-ring (bicyclic) bond motifs is 2. The molecule has 1 N–H and O–H groups in total. The molecule has 7 nitrogen and oxygen atoms in total. The first-order valence-electron chi connectivity index (χ1n) is 10.9. The van der Waals surface area contributed by atoms with Crippen LogP contribution < -0.4 is 10.2 Å². The van der Waals surface area contributed by atoms with Crippen LogP contribution in [0, 0.1) is 12.7 Å². The molecule has 0 aliphatic carbocycles. The molecule has 0 saturated carbocycles. The number of nitrogens with one attached hydrogen (secondary N) is 1. The first kappa shape index (κ1) is 21.3. The SMILES string of the molecule is Cc1nnc(N[C@H](C)c2cccc(F)c2Cl)c2cc(N3CCN4CCOC[C@@H]4C3)cnc12. The predicted octanol–water partition coefficient (Wildman–Crippen LogP) is 3.82. The number of anilines is 2. The molecule has 2 atom stereocenters. The Morgan fingerprint density at radius 3 is 3.00 bits per heavy atom. The van der Waals surface area contributed by atoms with Crippen molar-refractivity contribution in [3.05, 3.63) is 52.6 Å². The van der Waals surface area contributed by atoms with Crippen molar-refractivity contribution >= 4 is 34.0 Å². The van der Waals surface area contributed by atoms with Crippen LogP contribution in [-0.4, -0.2) is 65.5 Å². The number of hydrogen-bond acceptors (Lipinski definition) is 7. The molecule has 0 amide bonds. The van der Waals surface area contributed by atoms with Crippen molar-refractivity contribution in [3.63, 3.8) is 0 Å². The fraction of sp³-hybridized carbons (Fsp3) is 0.435. The smallest absolute Gasteiger partial charge is 0.158 e. The molecular weight excluding hydrogens is 431 g/mol. The van der Waals surface area contributed by atoms with Gasteiger partial charge in [-0.2, -0.15) is 5.10 Å². The van der Waals surface area contributed by atoms with E-state index in [4.69, 9.17) is 21.3 Å². The van der Waals surface area contributed by atoms with Crippen LogP contribution in [0.2, 0.25) is 5.02 Å². The molecule has 5 rings (SSSR count). The van der Waals surface area contributed by atoms with E-state index in [1.165, 1.54) is 6.07 Å². The minimum absolute atomic E-state index is 0.114.